The van der Waals surface area contributed by atoms with Crippen LogP contribution in [0.25, 0.3) is 11.1 Å². The highest BCUT2D eigenvalue weighted by atomic mass is 28.3. The fourth-order valence-corrected chi connectivity index (χ4v) is 3.26. The Hall–Kier alpha value is -1.86. The molecule has 0 aliphatic heterocycles. The molecule has 0 radical (unpaired) electrons. The van der Waals surface area contributed by atoms with Gasteiger partial charge in [-0.05, 0) is 5.56 Å². The largest absolute Gasteiger partial charge is 0.285 e. The van der Waals surface area contributed by atoms with Gasteiger partial charge in [-0.3, -0.25) is 5.10 Å². The van der Waals surface area contributed by atoms with Gasteiger partial charge in [-0.15, -0.1) is 0 Å². The van der Waals surface area contributed by atoms with E-state index >= 15 is 0 Å². The predicted octanol–water partition coefficient (Wildman–Crippen LogP) is 2.49. The minimum absolute atomic E-state index is 0.494. The van der Waals surface area contributed by atoms with E-state index in [0.29, 0.717) is 5.69 Å². The van der Waals surface area contributed by atoms with Crippen molar-refractivity contribution in [1.82, 2.24) is 10.2 Å². The first-order valence-electron chi connectivity index (χ1n) is 5.58. The van der Waals surface area contributed by atoms with Crippen molar-refractivity contribution in [3.8, 4) is 17.2 Å². The van der Waals surface area contributed by atoms with Crippen molar-refractivity contribution in [2.75, 3.05) is 0 Å². The maximum Gasteiger partial charge on any atom is 0.169 e. The third kappa shape index (κ3) is 2.15. The zero-order valence-corrected chi connectivity index (χ0v) is 11.3. The number of aromatic nitrogens is 2. The van der Waals surface area contributed by atoms with Crippen LogP contribution in [-0.4, -0.2) is 18.3 Å². The molecule has 0 bridgehead atoms. The summed E-state index contributed by atoms with van der Waals surface area (Å²) in [5.74, 6) is 0. The average molecular weight is 241 g/mol. The van der Waals surface area contributed by atoms with E-state index in [4.69, 9.17) is 5.26 Å². The van der Waals surface area contributed by atoms with E-state index in [1.807, 2.05) is 30.3 Å². The van der Waals surface area contributed by atoms with Crippen LogP contribution < -0.4 is 5.32 Å². The first-order valence-corrected chi connectivity index (χ1v) is 9.08. The molecule has 0 saturated heterocycles. The van der Waals surface area contributed by atoms with Gasteiger partial charge in [0.05, 0.1) is 0 Å². The fourth-order valence-electron chi connectivity index (χ4n) is 1.85. The number of nitrogens with one attached hydrogen (secondary N) is 1. The highest BCUT2D eigenvalue weighted by molar-refractivity contribution is 6.89. The lowest BCUT2D eigenvalue weighted by Crippen LogP contribution is -2.40. The molecule has 0 aliphatic rings. The lowest BCUT2D eigenvalue weighted by Gasteiger charge is -2.16. The molecule has 86 valence electrons. The number of rotatable bonds is 2. The van der Waals surface area contributed by atoms with Crippen LogP contribution in [0.1, 0.15) is 5.69 Å². The van der Waals surface area contributed by atoms with Crippen LogP contribution in [0.15, 0.2) is 30.3 Å². The smallest absolute Gasteiger partial charge is 0.169 e. The number of nitriles is 1. The van der Waals surface area contributed by atoms with Gasteiger partial charge >= 0.3 is 0 Å². The molecule has 0 aliphatic carbocycles. The van der Waals surface area contributed by atoms with Crippen molar-refractivity contribution in [3.05, 3.63) is 36.0 Å². The molecular weight excluding hydrogens is 226 g/mol. The third-order valence-electron chi connectivity index (χ3n) is 2.68. The number of aromatic amines is 1. The van der Waals surface area contributed by atoms with E-state index in [1.165, 1.54) is 0 Å². The van der Waals surface area contributed by atoms with Gasteiger partial charge in [0.15, 0.2) is 5.69 Å². The molecule has 0 fully saturated rings. The van der Waals surface area contributed by atoms with Crippen LogP contribution in [0.4, 0.5) is 0 Å². The van der Waals surface area contributed by atoms with E-state index < -0.39 is 8.07 Å². The van der Waals surface area contributed by atoms with Gasteiger partial charge in [-0.25, -0.2) is 0 Å². The van der Waals surface area contributed by atoms with E-state index in [2.05, 4.69) is 35.9 Å². The second kappa shape index (κ2) is 4.19. The summed E-state index contributed by atoms with van der Waals surface area (Å²) in [6.07, 6.45) is 0. The fraction of sp³-hybridized carbons (Fsp3) is 0.231. The Morgan fingerprint density at radius 2 is 1.82 bits per heavy atom. The van der Waals surface area contributed by atoms with Gasteiger partial charge in [0.2, 0.25) is 0 Å². The van der Waals surface area contributed by atoms with E-state index in [1.54, 1.807) is 0 Å². The van der Waals surface area contributed by atoms with E-state index in [-0.39, 0.29) is 0 Å². The van der Waals surface area contributed by atoms with Crippen LogP contribution in [0.5, 0.6) is 0 Å². The highest BCUT2D eigenvalue weighted by Crippen LogP contribution is 2.22. The first kappa shape index (κ1) is 11.6. The highest BCUT2D eigenvalue weighted by Gasteiger charge is 2.26. The molecule has 0 spiro atoms. The first-order chi connectivity index (χ1) is 8.04. The van der Waals surface area contributed by atoms with Crippen LogP contribution in [0.3, 0.4) is 0 Å². The summed E-state index contributed by atoms with van der Waals surface area (Å²) in [6.45, 7) is 6.73. The lowest BCUT2D eigenvalue weighted by molar-refractivity contribution is 1.09. The summed E-state index contributed by atoms with van der Waals surface area (Å²) >= 11 is 0. The Morgan fingerprint density at radius 3 is 2.35 bits per heavy atom. The topological polar surface area (TPSA) is 52.5 Å². The maximum atomic E-state index is 9.14. The molecule has 0 saturated carbocycles. The van der Waals surface area contributed by atoms with Crippen LogP contribution in [0.2, 0.25) is 19.6 Å². The molecule has 1 heterocycles. The van der Waals surface area contributed by atoms with Crippen molar-refractivity contribution < 1.29 is 0 Å². The Balaban J connectivity index is 2.68. The third-order valence-corrected chi connectivity index (χ3v) is 4.55. The molecule has 4 heteroatoms. The molecule has 0 atom stereocenters. The number of benzene rings is 1. The van der Waals surface area contributed by atoms with Gasteiger partial charge in [-0.1, -0.05) is 50.0 Å². The quantitative estimate of drug-likeness (QED) is 0.821. The minimum Gasteiger partial charge on any atom is -0.285 e. The standard InChI is InChI=1S/C13H15N3Si/c1-17(2,3)13-12(11(9-14)15-16-13)10-7-5-4-6-8-10/h4-8H,1-3H3,(H,15,16). The summed E-state index contributed by atoms with van der Waals surface area (Å²) in [7, 11) is -1.53. The number of nitrogens with zero attached hydrogens (tertiary/aromatic N) is 2. The molecule has 0 unspecified atom stereocenters. The summed E-state index contributed by atoms with van der Waals surface area (Å²) in [5.41, 5.74) is 2.54. The Morgan fingerprint density at radius 1 is 1.18 bits per heavy atom. The van der Waals surface area contributed by atoms with Crippen molar-refractivity contribution in [3.63, 3.8) is 0 Å². The van der Waals surface area contributed by atoms with Gasteiger partial charge < -0.3 is 0 Å². The second-order valence-corrected chi connectivity index (χ2v) is 10.1. The Kier molecular flexibility index (Phi) is 2.86. The molecule has 1 aromatic heterocycles. The molecule has 2 rings (SSSR count). The zero-order chi connectivity index (χ0) is 12.5. The average Bonchev–Trinajstić information content (AvgIpc) is 2.73. The molecule has 17 heavy (non-hydrogen) atoms. The monoisotopic (exact) mass is 241 g/mol. The molecule has 3 nitrogen and oxygen atoms in total. The molecule has 2 aromatic rings. The van der Waals surface area contributed by atoms with Crippen LogP contribution in [0, 0.1) is 11.3 Å². The summed E-state index contributed by atoms with van der Waals surface area (Å²) in [6, 6.07) is 12.2. The number of H-pyrrole nitrogens is 1. The molecule has 1 N–H and O–H groups in total. The van der Waals surface area contributed by atoms with Crippen molar-refractivity contribution in [2.24, 2.45) is 0 Å². The summed E-state index contributed by atoms with van der Waals surface area (Å²) in [4.78, 5) is 0. The molecular formula is C13H15N3Si. The van der Waals surface area contributed by atoms with Crippen molar-refractivity contribution in [2.45, 2.75) is 19.6 Å². The van der Waals surface area contributed by atoms with Gasteiger partial charge in [0.25, 0.3) is 0 Å². The van der Waals surface area contributed by atoms with Crippen LogP contribution in [-0.2, 0) is 0 Å². The SMILES string of the molecule is C[Si](C)(C)c1[nH]nc(C#N)c1-c1ccccc1. The summed E-state index contributed by atoms with van der Waals surface area (Å²) < 4.78 is 0. The number of hydrogen-bond donors (Lipinski definition) is 1. The predicted molar refractivity (Wildman–Crippen MR) is 71.7 cm³/mol. The lowest BCUT2D eigenvalue weighted by atomic mass is 10.1. The van der Waals surface area contributed by atoms with Gasteiger partial charge in [0.1, 0.15) is 14.1 Å². The number of hydrogen-bond acceptors (Lipinski definition) is 2. The van der Waals surface area contributed by atoms with E-state index in [9.17, 15) is 0 Å². The summed E-state index contributed by atoms with van der Waals surface area (Å²) in [5, 5.41) is 17.5. The normalized spacial score (nSPS) is 11.2. The molecule has 1 aromatic carbocycles. The van der Waals surface area contributed by atoms with Gasteiger partial charge in [-0.2, -0.15) is 10.4 Å². The minimum atomic E-state index is -1.53. The Labute approximate surface area is 102 Å². The Bertz CT molecular complexity index is 559. The maximum absolute atomic E-state index is 9.14. The van der Waals surface area contributed by atoms with E-state index in [0.717, 1.165) is 16.4 Å². The van der Waals surface area contributed by atoms with Crippen molar-refractivity contribution in [1.29, 1.82) is 5.26 Å². The molecule has 0 amide bonds. The van der Waals surface area contributed by atoms with Gasteiger partial charge in [0, 0.05) is 10.9 Å². The zero-order valence-electron chi connectivity index (χ0n) is 10.3. The second-order valence-electron chi connectivity index (χ2n) is 5.05. The van der Waals surface area contributed by atoms with Crippen LogP contribution >= 0.6 is 0 Å². The van der Waals surface area contributed by atoms with Crippen molar-refractivity contribution >= 4 is 13.4 Å².